The summed E-state index contributed by atoms with van der Waals surface area (Å²) in [5.74, 6) is -1.96. The molecule has 1 amide bonds. The van der Waals surface area contributed by atoms with Gasteiger partial charge in [-0.25, -0.2) is 4.79 Å². The summed E-state index contributed by atoms with van der Waals surface area (Å²) < 4.78 is 5.35. The van der Waals surface area contributed by atoms with Gasteiger partial charge in [0.1, 0.15) is 5.75 Å². The third-order valence-electron chi connectivity index (χ3n) is 4.16. The highest BCUT2D eigenvalue weighted by Gasteiger charge is 2.37. The van der Waals surface area contributed by atoms with Gasteiger partial charge in [0, 0.05) is 12.7 Å². The van der Waals surface area contributed by atoms with Gasteiger partial charge in [0.2, 0.25) is 5.91 Å². The first-order valence-electron chi connectivity index (χ1n) is 8.11. The summed E-state index contributed by atoms with van der Waals surface area (Å²) in [6, 6.07) is 8.25. The van der Waals surface area contributed by atoms with Crippen LogP contribution in [0.25, 0.3) is 0 Å². The second kappa shape index (κ2) is 7.55. The van der Waals surface area contributed by atoms with E-state index in [4.69, 9.17) is 10.4 Å². The van der Waals surface area contributed by atoms with Crippen molar-refractivity contribution in [3.63, 3.8) is 0 Å². The van der Waals surface area contributed by atoms with Crippen molar-refractivity contribution in [2.24, 2.45) is 5.73 Å². The van der Waals surface area contributed by atoms with Crippen LogP contribution >= 0.6 is 0 Å². The summed E-state index contributed by atoms with van der Waals surface area (Å²) in [7, 11) is -1.33. The summed E-state index contributed by atoms with van der Waals surface area (Å²) >= 11 is 0. The number of hydrogen-bond donors (Lipinski definition) is 4. The summed E-state index contributed by atoms with van der Waals surface area (Å²) in [5, 5.41) is 22.1. The number of nitrogens with zero attached hydrogens (tertiary/aromatic N) is 1. The van der Waals surface area contributed by atoms with E-state index in [0.29, 0.717) is 12.1 Å². The van der Waals surface area contributed by atoms with Crippen LogP contribution in [0, 0.1) is 0 Å². The zero-order valence-electron chi connectivity index (χ0n) is 13.9. The zero-order valence-corrected chi connectivity index (χ0v) is 13.9. The number of carboxylic acids is 1. The zero-order chi connectivity index (χ0) is 18.7. The average Bonchev–Trinajstić information content (AvgIpc) is 2.62. The molecule has 2 aromatic rings. The first kappa shape index (κ1) is 17.9. The van der Waals surface area contributed by atoms with Crippen molar-refractivity contribution in [3.05, 3.63) is 58.9 Å². The lowest BCUT2D eigenvalue weighted by molar-refractivity contribution is -0.120. The van der Waals surface area contributed by atoms with E-state index in [1.165, 1.54) is 6.07 Å². The van der Waals surface area contributed by atoms with Crippen LogP contribution in [-0.2, 0) is 24.2 Å². The second-order valence-electron chi connectivity index (χ2n) is 6.02. The van der Waals surface area contributed by atoms with Crippen molar-refractivity contribution in [3.8, 4) is 5.75 Å². The Hall–Kier alpha value is -2.91. The maximum absolute atomic E-state index is 12.2. The van der Waals surface area contributed by atoms with Crippen LogP contribution < -0.4 is 15.7 Å². The van der Waals surface area contributed by atoms with Crippen molar-refractivity contribution in [1.29, 1.82) is 0 Å². The molecule has 1 aromatic carbocycles. The summed E-state index contributed by atoms with van der Waals surface area (Å²) in [5.41, 5.74) is 7.55. The fourth-order valence-corrected chi connectivity index (χ4v) is 2.84. The molecule has 1 atom stereocenters. The fourth-order valence-electron chi connectivity index (χ4n) is 2.84. The monoisotopic (exact) mass is 355 g/mol. The van der Waals surface area contributed by atoms with Gasteiger partial charge in [-0.3, -0.25) is 9.78 Å². The molecule has 1 aliphatic heterocycles. The van der Waals surface area contributed by atoms with Crippen molar-refractivity contribution in [2.45, 2.75) is 25.3 Å². The topological polar surface area (TPSA) is 135 Å². The van der Waals surface area contributed by atoms with E-state index in [1.54, 1.807) is 30.5 Å². The molecule has 3 rings (SSSR count). The van der Waals surface area contributed by atoms with Crippen molar-refractivity contribution in [1.82, 2.24) is 10.3 Å². The molecule has 1 aliphatic rings. The highest BCUT2D eigenvalue weighted by atomic mass is 16.5. The molecule has 2 heterocycles. The molecule has 0 radical (unpaired) electrons. The van der Waals surface area contributed by atoms with Gasteiger partial charge in [0.25, 0.3) is 0 Å². The number of carbonyl (C=O) groups excluding carboxylic acids is 1. The van der Waals surface area contributed by atoms with Crippen LogP contribution in [-0.4, -0.2) is 40.1 Å². The number of fused-ring (bicyclic) bond motifs is 1. The summed E-state index contributed by atoms with van der Waals surface area (Å²) in [6.45, 7) is 0.329. The lowest BCUT2D eigenvalue weighted by Gasteiger charge is -2.28. The molecule has 9 heteroatoms. The van der Waals surface area contributed by atoms with Crippen LogP contribution in [0.3, 0.4) is 0 Å². The molecular formula is C17H18BN3O5. The number of carbonyl (C=O) groups is 2. The number of para-hydroxylation sites is 1. The minimum atomic E-state index is -1.33. The van der Waals surface area contributed by atoms with E-state index in [2.05, 4.69) is 10.3 Å². The van der Waals surface area contributed by atoms with E-state index >= 15 is 0 Å². The number of amides is 1. The number of aromatic nitrogens is 1. The van der Waals surface area contributed by atoms with Crippen LogP contribution in [0.2, 0.25) is 0 Å². The molecule has 0 fully saturated rings. The highest BCUT2D eigenvalue weighted by Crippen LogP contribution is 2.30. The Morgan fingerprint density at radius 3 is 2.81 bits per heavy atom. The Bertz CT molecular complexity index is 828. The van der Waals surface area contributed by atoms with Gasteiger partial charge >= 0.3 is 13.1 Å². The molecule has 0 aliphatic carbocycles. The number of pyridine rings is 1. The molecule has 0 saturated carbocycles. The maximum Gasteiger partial charge on any atom is 0.547 e. The Labute approximate surface area is 150 Å². The maximum atomic E-state index is 12.2. The lowest BCUT2D eigenvalue weighted by Crippen LogP contribution is -2.53. The molecule has 0 spiro atoms. The third-order valence-corrected chi connectivity index (χ3v) is 4.16. The Morgan fingerprint density at radius 2 is 2.15 bits per heavy atom. The van der Waals surface area contributed by atoms with Gasteiger partial charge in [-0.15, -0.1) is 0 Å². The van der Waals surface area contributed by atoms with Gasteiger partial charge in [-0.1, -0.05) is 18.2 Å². The first-order chi connectivity index (χ1) is 12.5. The fraction of sp³-hybridized carbons (Fsp3) is 0.235. The van der Waals surface area contributed by atoms with E-state index in [1.807, 2.05) is 0 Å². The van der Waals surface area contributed by atoms with Gasteiger partial charge < -0.3 is 25.8 Å². The number of benzene rings is 1. The average molecular weight is 355 g/mol. The van der Waals surface area contributed by atoms with Crippen molar-refractivity contribution < 1.29 is 24.4 Å². The molecule has 8 nitrogen and oxygen atoms in total. The van der Waals surface area contributed by atoms with Gasteiger partial charge in [-0.2, -0.15) is 0 Å². The van der Waals surface area contributed by atoms with Crippen LogP contribution in [0.1, 0.15) is 27.2 Å². The molecule has 5 N–H and O–H groups in total. The SMILES string of the molecule is NCc1ccc(CC(=O)NC2Cc3cccc(C(=O)O)c3OB2O)cn1. The highest BCUT2D eigenvalue weighted by molar-refractivity contribution is 6.47. The predicted octanol–water partition coefficient (Wildman–Crippen LogP) is -0.0794. The van der Waals surface area contributed by atoms with Crippen molar-refractivity contribution in [2.75, 3.05) is 0 Å². The van der Waals surface area contributed by atoms with Crippen LogP contribution in [0.4, 0.5) is 0 Å². The van der Waals surface area contributed by atoms with E-state index in [9.17, 15) is 19.7 Å². The number of hydrogen-bond acceptors (Lipinski definition) is 6. The second-order valence-corrected chi connectivity index (χ2v) is 6.02. The molecule has 134 valence electrons. The van der Waals surface area contributed by atoms with Gasteiger partial charge in [-0.05, 0) is 29.7 Å². The summed E-state index contributed by atoms with van der Waals surface area (Å²) in [4.78, 5) is 27.6. The minimum absolute atomic E-state index is 0.0163. The molecule has 0 bridgehead atoms. The summed E-state index contributed by atoms with van der Waals surface area (Å²) in [6.07, 6.45) is 1.96. The standard InChI is InChI=1S/C17H18BN3O5/c19-8-12-5-4-10(9-20-12)6-15(22)21-14-7-11-2-1-3-13(17(23)24)16(11)26-18(14)25/h1-5,9,14,25H,6-8,19H2,(H,21,22)(H,23,24). The normalized spacial score (nSPS) is 15.8. The van der Waals surface area contributed by atoms with Crippen molar-refractivity contribution >= 4 is 19.0 Å². The van der Waals surface area contributed by atoms with Crippen LogP contribution in [0.15, 0.2) is 36.5 Å². The minimum Gasteiger partial charge on any atom is -0.534 e. The Balaban J connectivity index is 1.67. The number of nitrogens with one attached hydrogen (secondary N) is 1. The lowest BCUT2D eigenvalue weighted by atomic mass is 9.72. The molecule has 1 aromatic heterocycles. The van der Waals surface area contributed by atoms with E-state index in [-0.39, 0.29) is 30.1 Å². The van der Waals surface area contributed by atoms with Crippen LogP contribution in [0.5, 0.6) is 5.75 Å². The largest absolute Gasteiger partial charge is 0.547 e. The number of nitrogens with two attached hydrogens (primary N) is 1. The molecule has 0 saturated heterocycles. The number of carboxylic acid groups (broad SMARTS) is 1. The number of rotatable bonds is 5. The Morgan fingerprint density at radius 1 is 1.35 bits per heavy atom. The van der Waals surface area contributed by atoms with Gasteiger partial charge in [0.15, 0.2) is 0 Å². The van der Waals surface area contributed by atoms with E-state index in [0.717, 1.165) is 11.3 Å². The Kier molecular flexibility index (Phi) is 5.20. The smallest absolute Gasteiger partial charge is 0.534 e. The first-order valence-corrected chi connectivity index (χ1v) is 8.11. The molecule has 1 unspecified atom stereocenters. The van der Waals surface area contributed by atoms with Gasteiger partial charge in [0.05, 0.1) is 23.6 Å². The van der Waals surface area contributed by atoms with E-state index < -0.39 is 19.0 Å². The number of aromatic carboxylic acids is 1. The predicted molar refractivity (Wildman–Crippen MR) is 93.5 cm³/mol. The molecule has 26 heavy (non-hydrogen) atoms. The molecular weight excluding hydrogens is 337 g/mol. The quantitative estimate of drug-likeness (QED) is 0.551. The third kappa shape index (κ3) is 3.84.